The van der Waals surface area contributed by atoms with Crippen LogP contribution in [-0.2, 0) is 0 Å². The minimum absolute atomic E-state index is 0.374. The zero-order valence-corrected chi connectivity index (χ0v) is 10.1. The molecular formula is C13H19N3O. The fourth-order valence-corrected chi connectivity index (χ4v) is 2.18. The molecule has 4 nitrogen and oxygen atoms in total. The molecule has 4 heteroatoms. The van der Waals surface area contributed by atoms with Crippen molar-refractivity contribution in [3.63, 3.8) is 0 Å². The van der Waals surface area contributed by atoms with Gasteiger partial charge in [0.05, 0.1) is 5.56 Å². The van der Waals surface area contributed by atoms with Gasteiger partial charge in [0.15, 0.2) is 0 Å². The summed E-state index contributed by atoms with van der Waals surface area (Å²) in [5, 5.41) is 6.75. The number of aryl methyl sites for hydroxylation is 1. The highest BCUT2D eigenvalue weighted by Crippen LogP contribution is 2.20. The minimum atomic E-state index is -0.374. The number of piperidine rings is 1. The number of rotatable bonds is 3. The van der Waals surface area contributed by atoms with Gasteiger partial charge in [0, 0.05) is 11.7 Å². The molecule has 0 aromatic heterocycles. The second-order valence-corrected chi connectivity index (χ2v) is 4.58. The van der Waals surface area contributed by atoms with E-state index in [0.717, 1.165) is 37.2 Å². The van der Waals surface area contributed by atoms with Crippen LogP contribution in [-0.4, -0.2) is 25.0 Å². The Bertz CT molecular complexity index is 411. The van der Waals surface area contributed by atoms with Gasteiger partial charge in [-0.3, -0.25) is 4.79 Å². The molecule has 1 aliphatic heterocycles. The first-order valence-electron chi connectivity index (χ1n) is 6.04. The van der Waals surface area contributed by atoms with Gasteiger partial charge in [-0.1, -0.05) is 6.07 Å². The molecule has 92 valence electrons. The fourth-order valence-electron chi connectivity index (χ4n) is 2.18. The predicted molar refractivity (Wildman–Crippen MR) is 69.2 cm³/mol. The average molecular weight is 233 g/mol. The Balaban J connectivity index is 2.17. The molecule has 0 unspecified atom stereocenters. The van der Waals surface area contributed by atoms with E-state index < -0.39 is 0 Å². The van der Waals surface area contributed by atoms with Gasteiger partial charge in [-0.25, -0.2) is 0 Å². The number of amides is 1. The summed E-state index contributed by atoms with van der Waals surface area (Å²) in [6, 6.07) is 6.12. The Morgan fingerprint density at radius 1 is 1.41 bits per heavy atom. The zero-order chi connectivity index (χ0) is 12.3. The highest BCUT2D eigenvalue weighted by molar-refractivity contribution is 5.98. The van der Waals surface area contributed by atoms with E-state index in [1.165, 1.54) is 0 Å². The van der Waals surface area contributed by atoms with E-state index in [1.807, 2.05) is 19.1 Å². The maximum Gasteiger partial charge on any atom is 0.250 e. The molecule has 0 aliphatic carbocycles. The van der Waals surface area contributed by atoms with Crippen molar-refractivity contribution in [1.82, 2.24) is 5.32 Å². The Hall–Kier alpha value is -1.55. The van der Waals surface area contributed by atoms with Crippen molar-refractivity contribution < 1.29 is 4.79 Å². The lowest BCUT2D eigenvalue weighted by atomic mass is 10.0. The minimum Gasteiger partial charge on any atom is -0.382 e. The molecule has 1 fully saturated rings. The second-order valence-electron chi connectivity index (χ2n) is 4.58. The van der Waals surface area contributed by atoms with Crippen LogP contribution in [0.1, 0.15) is 28.8 Å². The summed E-state index contributed by atoms with van der Waals surface area (Å²) in [5.74, 6) is -0.374. The summed E-state index contributed by atoms with van der Waals surface area (Å²) in [6.07, 6.45) is 2.15. The first kappa shape index (κ1) is 11.9. The van der Waals surface area contributed by atoms with Crippen molar-refractivity contribution in [3.8, 4) is 0 Å². The number of nitrogens with one attached hydrogen (secondary N) is 2. The molecule has 0 bridgehead atoms. The van der Waals surface area contributed by atoms with Crippen LogP contribution in [0.25, 0.3) is 0 Å². The molecule has 1 aliphatic rings. The molecular weight excluding hydrogens is 214 g/mol. The lowest BCUT2D eigenvalue weighted by Crippen LogP contribution is -2.35. The van der Waals surface area contributed by atoms with Crippen molar-refractivity contribution >= 4 is 11.6 Å². The van der Waals surface area contributed by atoms with Crippen LogP contribution in [0.15, 0.2) is 18.2 Å². The second kappa shape index (κ2) is 5.19. The van der Waals surface area contributed by atoms with Crippen LogP contribution >= 0.6 is 0 Å². The summed E-state index contributed by atoms with van der Waals surface area (Å²) in [7, 11) is 0. The van der Waals surface area contributed by atoms with Gasteiger partial charge in [-0.15, -0.1) is 0 Å². The van der Waals surface area contributed by atoms with Crippen LogP contribution in [0.2, 0.25) is 0 Å². The molecule has 0 saturated carbocycles. The summed E-state index contributed by atoms with van der Waals surface area (Å²) in [5.41, 5.74) is 7.95. The van der Waals surface area contributed by atoms with Crippen molar-refractivity contribution in [2.45, 2.75) is 25.8 Å². The molecule has 1 aromatic carbocycles. The molecule has 2 rings (SSSR count). The third-order valence-electron chi connectivity index (χ3n) is 3.14. The zero-order valence-electron chi connectivity index (χ0n) is 10.1. The monoisotopic (exact) mass is 233 g/mol. The smallest absolute Gasteiger partial charge is 0.250 e. The lowest BCUT2D eigenvalue weighted by Gasteiger charge is -2.25. The summed E-state index contributed by atoms with van der Waals surface area (Å²) >= 11 is 0. The van der Waals surface area contributed by atoms with Gasteiger partial charge in [-0.05, 0) is 50.6 Å². The Labute approximate surface area is 102 Å². The summed E-state index contributed by atoms with van der Waals surface area (Å²) < 4.78 is 0. The number of hydrogen-bond donors (Lipinski definition) is 3. The molecule has 1 aromatic rings. The first-order chi connectivity index (χ1) is 8.16. The highest BCUT2D eigenvalue weighted by Gasteiger charge is 2.15. The Morgan fingerprint density at radius 3 is 2.76 bits per heavy atom. The van der Waals surface area contributed by atoms with E-state index in [9.17, 15) is 4.79 Å². The lowest BCUT2D eigenvalue weighted by molar-refractivity contribution is 0.100. The van der Waals surface area contributed by atoms with Crippen molar-refractivity contribution in [1.29, 1.82) is 0 Å². The van der Waals surface area contributed by atoms with Gasteiger partial charge in [0.25, 0.3) is 5.91 Å². The summed E-state index contributed by atoms with van der Waals surface area (Å²) in [4.78, 5) is 11.3. The quantitative estimate of drug-likeness (QED) is 0.736. The SMILES string of the molecule is Cc1ccc(C(N)=O)c(NC2CCNCC2)c1. The number of primary amides is 1. The number of benzene rings is 1. The van der Waals surface area contributed by atoms with Crippen molar-refractivity contribution in [3.05, 3.63) is 29.3 Å². The topological polar surface area (TPSA) is 67.2 Å². The third kappa shape index (κ3) is 2.97. The first-order valence-corrected chi connectivity index (χ1v) is 6.04. The van der Waals surface area contributed by atoms with Gasteiger partial charge >= 0.3 is 0 Å². The van der Waals surface area contributed by atoms with Crippen LogP contribution in [0.5, 0.6) is 0 Å². The number of carbonyl (C=O) groups is 1. The van der Waals surface area contributed by atoms with E-state index in [2.05, 4.69) is 10.6 Å². The van der Waals surface area contributed by atoms with Crippen LogP contribution < -0.4 is 16.4 Å². The normalized spacial score (nSPS) is 16.8. The number of hydrogen-bond acceptors (Lipinski definition) is 3. The molecule has 0 radical (unpaired) electrons. The Morgan fingerprint density at radius 2 is 2.12 bits per heavy atom. The maximum absolute atomic E-state index is 11.3. The largest absolute Gasteiger partial charge is 0.382 e. The van der Waals surface area contributed by atoms with E-state index in [-0.39, 0.29) is 5.91 Å². The third-order valence-corrected chi connectivity index (χ3v) is 3.14. The van der Waals surface area contributed by atoms with Crippen LogP contribution in [0.4, 0.5) is 5.69 Å². The van der Waals surface area contributed by atoms with Crippen LogP contribution in [0, 0.1) is 6.92 Å². The van der Waals surface area contributed by atoms with Gasteiger partial charge in [0.2, 0.25) is 0 Å². The van der Waals surface area contributed by atoms with Crippen LogP contribution in [0.3, 0.4) is 0 Å². The average Bonchev–Trinajstić information content (AvgIpc) is 2.30. The fraction of sp³-hybridized carbons (Fsp3) is 0.462. The van der Waals surface area contributed by atoms with Gasteiger partial charge < -0.3 is 16.4 Å². The van der Waals surface area contributed by atoms with Crippen molar-refractivity contribution in [2.75, 3.05) is 18.4 Å². The van der Waals surface area contributed by atoms with Gasteiger partial charge in [-0.2, -0.15) is 0 Å². The highest BCUT2D eigenvalue weighted by atomic mass is 16.1. The predicted octanol–water partition coefficient (Wildman–Crippen LogP) is 1.26. The van der Waals surface area contributed by atoms with E-state index in [4.69, 9.17) is 5.73 Å². The molecule has 1 amide bonds. The standard InChI is InChI=1S/C13H19N3O/c1-9-2-3-11(13(14)17)12(8-9)16-10-4-6-15-7-5-10/h2-3,8,10,15-16H,4-7H2,1H3,(H2,14,17). The van der Waals surface area contributed by atoms with E-state index >= 15 is 0 Å². The molecule has 0 spiro atoms. The molecule has 0 atom stereocenters. The number of anilines is 1. The van der Waals surface area contributed by atoms with E-state index in [0.29, 0.717) is 11.6 Å². The molecule has 1 heterocycles. The van der Waals surface area contributed by atoms with Crippen molar-refractivity contribution in [2.24, 2.45) is 5.73 Å². The number of nitrogens with two attached hydrogens (primary N) is 1. The molecule has 4 N–H and O–H groups in total. The molecule has 17 heavy (non-hydrogen) atoms. The number of carbonyl (C=O) groups excluding carboxylic acids is 1. The maximum atomic E-state index is 11.3. The Kier molecular flexibility index (Phi) is 3.64. The molecule has 1 saturated heterocycles. The van der Waals surface area contributed by atoms with E-state index in [1.54, 1.807) is 6.07 Å². The summed E-state index contributed by atoms with van der Waals surface area (Å²) in [6.45, 7) is 4.06. The van der Waals surface area contributed by atoms with Gasteiger partial charge in [0.1, 0.15) is 0 Å².